The minimum absolute atomic E-state index is 0.632. The molecule has 78 valence electrons. The molecule has 1 saturated heterocycles. The highest BCUT2D eigenvalue weighted by molar-refractivity contribution is 4.75. The molecule has 2 rings (SSSR count). The van der Waals surface area contributed by atoms with Crippen molar-refractivity contribution in [1.29, 1.82) is 0 Å². The first kappa shape index (κ1) is 9.61. The Labute approximate surface area is 84.1 Å². The molecule has 1 aliphatic heterocycles. The van der Waals surface area contributed by atoms with Gasteiger partial charge < -0.3 is 5.32 Å². The van der Waals surface area contributed by atoms with Crippen LogP contribution in [0.2, 0.25) is 0 Å². The van der Waals surface area contributed by atoms with E-state index in [1.807, 2.05) is 4.68 Å². The van der Waals surface area contributed by atoms with Crippen LogP contribution in [0.3, 0.4) is 0 Å². The van der Waals surface area contributed by atoms with Crippen LogP contribution >= 0.6 is 0 Å². The maximum absolute atomic E-state index is 4.09. The Morgan fingerprint density at radius 3 is 3.14 bits per heavy atom. The fourth-order valence-electron chi connectivity index (χ4n) is 1.79. The average molecular weight is 195 g/mol. The Morgan fingerprint density at radius 1 is 1.50 bits per heavy atom. The van der Waals surface area contributed by atoms with E-state index in [0.717, 1.165) is 32.7 Å². The standard InChI is InChI=1S/C9H17N5/c1-9-6-10-2-3-13(9)4-5-14-8-11-7-12-14/h7-10H,2-6H2,1H3/t9-/m0/s1. The van der Waals surface area contributed by atoms with Crippen molar-refractivity contribution >= 4 is 0 Å². The second-order valence-electron chi connectivity index (χ2n) is 3.75. The first-order valence-corrected chi connectivity index (χ1v) is 5.13. The van der Waals surface area contributed by atoms with Gasteiger partial charge in [0, 0.05) is 32.2 Å². The van der Waals surface area contributed by atoms with Crippen molar-refractivity contribution in [3.05, 3.63) is 12.7 Å². The molecule has 0 aliphatic carbocycles. The molecule has 0 unspecified atom stereocenters. The summed E-state index contributed by atoms with van der Waals surface area (Å²) in [6.07, 6.45) is 3.36. The van der Waals surface area contributed by atoms with Crippen LogP contribution in [0.4, 0.5) is 0 Å². The number of hydrogen-bond acceptors (Lipinski definition) is 4. The molecule has 1 atom stereocenters. The van der Waals surface area contributed by atoms with E-state index in [9.17, 15) is 0 Å². The van der Waals surface area contributed by atoms with Gasteiger partial charge in [-0.2, -0.15) is 5.10 Å². The summed E-state index contributed by atoms with van der Waals surface area (Å²) in [6.45, 7) is 7.58. The molecular weight excluding hydrogens is 178 g/mol. The molecule has 0 spiro atoms. The van der Waals surface area contributed by atoms with Crippen LogP contribution in [0, 0.1) is 0 Å². The van der Waals surface area contributed by atoms with Gasteiger partial charge in [0.25, 0.3) is 0 Å². The fraction of sp³-hybridized carbons (Fsp3) is 0.778. The maximum Gasteiger partial charge on any atom is 0.137 e. The Balaban J connectivity index is 1.79. The summed E-state index contributed by atoms with van der Waals surface area (Å²) in [4.78, 5) is 6.41. The molecule has 14 heavy (non-hydrogen) atoms. The van der Waals surface area contributed by atoms with E-state index in [4.69, 9.17) is 0 Å². The topological polar surface area (TPSA) is 46.0 Å². The number of hydrogen-bond donors (Lipinski definition) is 1. The summed E-state index contributed by atoms with van der Waals surface area (Å²) in [5.74, 6) is 0. The van der Waals surface area contributed by atoms with Gasteiger partial charge in [-0.15, -0.1) is 0 Å². The number of nitrogens with one attached hydrogen (secondary N) is 1. The van der Waals surface area contributed by atoms with Crippen LogP contribution in [0.25, 0.3) is 0 Å². The molecule has 0 amide bonds. The molecule has 1 N–H and O–H groups in total. The second kappa shape index (κ2) is 4.52. The molecule has 1 aromatic rings. The van der Waals surface area contributed by atoms with Crippen molar-refractivity contribution in [3.8, 4) is 0 Å². The van der Waals surface area contributed by atoms with Crippen molar-refractivity contribution in [3.63, 3.8) is 0 Å². The molecule has 0 aromatic carbocycles. The Hall–Kier alpha value is -0.940. The summed E-state index contributed by atoms with van der Waals surface area (Å²) in [6, 6.07) is 0.632. The summed E-state index contributed by atoms with van der Waals surface area (Å²) >= 11 is 0. The Morgan fingerprint density at radius 2 is 2.43 bits per heavy atom. The predicted octanol–water partition coefficient (Wildman–Crippen LogP) is -0.428. The van der Waals surface area contributed by atoms with Crippen molar-refractivity contribution in [1.82, 2.24) is 25.0 Å². The van der Waals surface area contributed by atoms with Crippen molar-refractivity contribution < 1.29 is 0 Å². The summed E-state index contributed by atoms with van der Waals surface area (Å²) < 4.78 is 1.88. The van der Waals surface area contributed by atoms with Gasteiger partial charge in [-0.05, 0) is 6.92 Å². The van der Waals surface area contributed by atoms with Crippen LogP contribution in [-0.4, -0.2) is 51.9 Å². The van der Waals surface area contributed by atoms with Crippen molar-refractivity contribution in [2.45, 2.75) is 19.5 Å². The lowest BCUT2D eigenvalue weighted by Crippen LogP contribution is -2.50. The van der Waals surface area contributed by atoms with Gasteiger partial charge in [0.05, 0.1) is 6.54 Å². The SMILES string of the molecule is C[C@H]1CNCCN1CCn1cncn1. The van der Waals surface area contributed by atoms with Crippen LogP contribution in [0.1, 0.15) is 6.92 Å². The minimum atomic E-state index is 0.632. The van der Waals surface area contributed by atoms with Gasteiger partial charge in [-0.3, -0.25) is 9.58 Å². The third-order valence-electron chi connectivity index (χ3n) is 2.72. The summed E-state index contributed by atoms with van der Waals surface area (Å²) in [5.41, 5.74) is 0. The smallest absolute Gasteiger partial charge is 0.137 e. The van der Waals surface area contributed by atoms with Crippen LogP contribution in [-0.2, 0) is 6.54 Å². The zero-order valence-corrected chi connectivity index (χ0v) is 8.56. The minimum Gasteiger partial charge on any atom is -0.314 e. The molecule has 0 saturated carbocycles. The van der Waals surface area contributed by atoms with Gasteiger partial charge in [-0.25, -0.2) is 4.98 Å². The highest BCUT2D eigenvalue weighted by atomic mass is 15.3. The van der Waals surface area contributed by atoms with E-state index < -0.39 is 0 Å². The molecule has 2 heterocycles. The normalized spacial score (nSPS) is 23.9. The molecule has 5 nitrogen and oxygen atoms in total. The van der Waals surface area contributed by atoms with E-state index >= 15 is 0 Å². The van der Waals surface area contributed by atoms with Crippen LogP contribution < -0.4 is 5.32 Å². The first-order valence-electron chi connectivity index (χ1n) is 5.13. The highest BCUT2D eigenvalue weighted by Gasteiger charge is 2.16. The number of rotatable bonds is 3. The zero-order chi connectivity index (χ0) is 9.80. The fourth-order valence-corrected chi connectivity index (χ4v) is 1.79. The van der Waals surface area contributed by atoms with E-state index in [1.165, 1.54) is 0 Å². The Kier molecular flexibility index (Phi) is 3.10. The lowest BCUT2D eigenvalue weighted by Gasteiger charge is -2.33. The first-order chi connectivity index (χ1) is 6.86. The maximum atomic E-state index is 4.09. The highest BCUT2D eigenvalue weighted by Crippen LogP contribution is 2.01. The van der Waals surface area contributed by atoms with E-state index in [2.05, 4.69) is 27.2 Å². The number of aromatic nitrogens is 3. The molecule has 1 aliphatic rings. The van der Waals surface area contributed by atoms with Crippen molar-refractivity contribution in [2.75, 3.05) is 26.2 Å². The van der Waals surface area contributed by atoms with Crippen LogP contribution in [0.15, 0.2) is 12.7 Å². The quantitative estimate of drug-likeness (QED) is 0.711. The molecule has 1 fully saturated rings. The lowest BCUT2D eigenvalue weighted by molar-refractivity contribution is 0.165. The monoisotopic (exact) mass is 195 g/mol. The molecule has 1 aromatic heterocycles. The second-order valence-corrected chi connectivity index (χ2v) is 3.75. The molecule has 5 heteroatoms. The van der Waals surface area contributed by atoms with Gasteiger partial charge in [-0.1, -0.05) is 0 Å². The lowest BCUT2D eigenvalue weighted by atomic mass is 10.2. The van der Waals surface area contributed by atoms with Crippen molar-refractivity contribution in [2.24, 2.45) is 0 Å². The van der Waals surface area contributed by atoms with Gasteiger partial charge in [0.1, 0.15) is 12.7 Å². The zero-order valence-electron chi connectivity index (χ0n) is 8.56. The van der Waals surface area contributed by atoms with E-state index in [0.29, 0.717) is 6.04 Å². The van der Waals surface area contributed by atoms with Gasteiger partial charge in [0.15, 0.2) is 0 Å². The molecule has 0 bridgehead atoms. The number of nitrogens with zero attached hydrogens (tertiary/aromatic N) is 4. The summed E-state index contributed by atoms with van der Waals surface area (Å²) in [5, 5.41) is 7.47. The van der Waals surface area contributed by atoms with Gasteiger partial charge in [0.2, 0.25) is 0 Å². The Bertz CT molecular complexity index is 258. The third kappa shape index (κ3) is 2.30. The largest absolute Gasteiger partial charge is 0.314 e. The summed E-state index contributed by atoms with van der Waals surface area (Å²) in [7, 11) is 0. The predicted molar refractivity (Wildman–Crippen MR) is 53.9 cm³/mol. The molecule has 0 radical (unpaired) electrons. The molecular formula is C9H17N5. The number of piperazine rings is 1. The average Bonchev–Trinajstić information content (AvgIpc) is 2.69. The van der Waals surface area contributed by atoms with E-state index in [-0.39, 0.29) is 0 Å². The van der Waals surface area contributed by atoms with E-state index in [1.54, 1.807) is 12.7 Å². The van der Waals surface area contributed by atoms with Crippen LogP contribution in [0.5, 0.6) is 0 Å². The van der Waals surface area contributed by atoms with Gasteiger partial charge >= 0.3 is 0 Å². The third-order valence-corrected chi connectivity index (χ3v) is 2.72.